The number of carbonyl (C=O) groups is 1. The zero-order valence-electron chi connectivity index (χ0n) is 14.0. The van der Waals surface area contributed by atoms with Crippen LogP contribution >= 0.6 is 0 Å². The molecule has 0 unspecified atom stereocenters. The third kappa shape index (κ3) is 3.37. The quantitative estimate of drug-likeness (QED) is 0.740. The molecule has 0 radical (unpaired) electrons. The Labute approximate surface area is 146 Å². The summed E-state index contributed by atoms with van der Waals surface area (Å²) in [6.07, 6.45) is 5.39. The molecule has 1 amide bonds. The number of piperazine rings is 1. The molecule has 0 atom stereocenters. The molecule has 126 valence electrons. The second-order valence-corrected chi connectivity index (χ2v) is 6.30. The second kappa shape index (κ2) is 6.99. The predicted octanol–water partition coefficient (Wildman–Crippen LogP) is 2.59. The molecule has 0 aliphatic carbocycles. The van der Waals surface area contributed by atoms with Crippen LogP contribution in [-0.2, 0) is 6.54 Å². The molecule has 0 bridgehead atoms. The first-order valence-corrected chi connectivity index (χ1v) is 8.55. The lowest BCUT2D eigenvalue weighted by Gasteiger charge is -2.34. The van der Waals surface area contributed by atoms with E-state index in [4.69, 9.17) is 0 Å². The van der Waals surface area contributed by atoms with Gasteiger partial charge in [-0.05, 0) is 29.8 Å². The molecular weight excluding hydrogens is 312 g/mol. The van der Waals surface area contributed by atoms with Crippen LogP contribution in [-0.4, -0.2) is 51.9 Å². The Bertz CT molecular complexity index is 868. The number of fused-ring (bicyclic) bond motifs is 1. The molecule has 1 aromatic carbocycles. The summed E-state index contributed by atoms with van der Waals surface area (Å²) in [5.74, 6) is 0.0767. The monoisotopic (exact) mass is 332 g/mol. The molecule has 3 heterocycles. The molecule has 1 saturated heterocycles. The van der Waals surface area contributed by atoms with Crippen LogP contribution in [0.2, 0.25) is 0 Å². The lowest BCUT2D eigenvalue weighted by Crippen LogP contribution is -2.48. The predicted molar refractivity (Wildman–Crippen MR) is 97.2 cm³/mol. The van der Waals surface area contributed by atoms with Gasteiger partial charge in [0, 0.05) is 56.7 Å². The minimum atomic E-state index is 0.0767. The first-order chi connectivity index (χ1) is 12.3. The van der Waals surface area contributed by atoms with Crippen LogP contribution in [0, 0.1) is 0 Å². The summed E-state index contributed by atoms with van der Waals surface area (Å²) in [5.41, 5.74) is 2.74. The summed E-state index contributed by atoms with van der Waals surface area (Å²) in [6, 6.07) is 13.8. The number of carbonyl (C=O) groups excluding carboxylic acids is 1. The van der Waals surface area contributed by atoms with E-state index in [0.717, 1.165) is 43.6 Å². The first kappa shape index (κ1) is 15.7. The van der Waals surface area contributed by atoms with Crippen molar-refractivity contribution in [1.29, 1.82) is 0 Å². The van der Waals surface area contributed by atoms with Gasteiger partial charge in [0.05, 0.1) is 11.1 Å². The highest BCUT2D eigenvalue weighted by molar-refractivity contribution is 6.05. The highest BCUT2D eigenvalue weighted by atomic mass is 16.2. The fourth-order valence-corrected chi connectivity index (χ4v) is 3.30. The van der Waals surface area contributed by atoms with Crippen LogP contribution in [0.15, 0.2) is 61.1 Å². The topological polar surface area (TPSA) is 49.3 Å². The van der Waals surface area contributed by atoms with Crippen molar-refractivity contribution in [2.75, 3.05) is 26.2 Å². The van der Waals surface area contributed by atoms with Crippen molar-refractivity contribution in [3.8, 4) is 0 Å². The fraction of sp³-hybridized carbons (Fsp3) is 0.250. The Morgan fingerprint density at radius 3 is 2.48 bits per heavy atom. The zero-order valence-corrected chi connectivity index (χ0v) is 14.0. The normalized spacial score (nSPS) is 15.4. The van der Waals surface area contributed by atoms with E-state index in [1.54, 1.807) is 6.20 Å². The number of hydrogen-bond acceptors (Lipinski definition) is 4. The van der Waals surface area contributed by atoms with Crippen molar-refractivity contribution in [1.82, 2.24) is 19.8 Å². The number of benzene rings is 1. The second-order valence-electron chi connectivity index (χ2n) is 6.30. The standard InChI is InChI=1S/C20H20N4O/c25-20(18-5-1-3-17-4-2-8-22-19(17)18)24-13-11-23(12-14-24)15-16-6-9-21-10-7-16/h1-10H,11-15H2. The highest BCUT2D eigenvalue weighted by Gasteiger charge is 2.23. The van der Waals surface area contributed by atoms with E-state index < -0.39 is 0 Å². The van der Waals surface area contributed by atoms with E-state index in [1.807, 2.05) is 59.8 Å². The third-order valence-electron chi connectivity index (χ3n) is 4.68. The van der Waals surface area contributed by atoms with Gasteiger partial charge in [-0.15, -0.1) is 0 Å². The average Bonchev–Trinajstić information content (AvgIpc) is 2.68. The third-order valence-corrected chi connectivity index (χ3v) is 4.68. The summed E-state index contributed by atoms with van der Waals surface area (Å²) < 4.78 is 0. The molecule has 25 heavy (non-hydrogen) atoms. The molecule has 5 nitrogen and oxygen atoms in total. The van der Waals surface area contributed by atoms with E-state index in [9.17, 15) is 4.79 Å². The number of amides is 1. The van der Waals surface area contributed by atoms with Gasteiger partial charge >= 0.3 is 0 Å². The molecule has 4 rings (SSSR count). The van der Waals surface area contributed by atoms with E-state index in [1.165, 1.54) is 5.56 Å². The fourth-order valence-electron chi connectivity index (χ4n) is 3.30. The van der Waals surface area contributed by atoms with E-state index >= 15 is 0 Å². The summed E-state index contributed by atoms with van der Waals surface area (Å²) >= 11 is 0. The van der Waals surface area contributed by atoms with Crippen LogP contribution < -0.4 is 0 Å². The van der Waals surface area contributed by atoms with E-state index in [2.05, 4.69) is 14.9 Å². The Hall–Kier alpha value is -2.79. The molecule has 3 aromatic rings. The molecule has 1 fully saturated rings. The molecule has 5 heteroatoms. The zero-order chi connectivity index (χ0) is 17.1. The summed E-state index contributed by atoms with van der Waals surface area (Å²) in [5, 5.41) is 1.00. The smallest absolute Gasteiger partial charge is 0.256 e. The number of rotatable bonds is 3. The van der Waals surface area contributed by atoms with Crippen molar-refractivity contribution in [3.63, 3.8) is 0 Å². The van der Waals surface area contributed by atoms with Crippen molar-refractivity contribution >= 4 is 16.8 Å². The minimum Gasteiger partial charge on any atom is -0.336 e. The molecule has 0 N–H and O–H groups in total. The highest BCUT2D eigenvalue weighted by Crippen LogP contribution is 2.19. The van der Waals surface area contributed by atoms with Crippen molar-refractivity contribution in [2.24, 2.45) is 0 Å². The average molecular weight is 332 g/mol. The van der Waals surface area contributed by atoms with Gasteiger partial charge in [0.25, 0.3) is 5.91 Å². The van der Waals surface area contributed by atoms with Gasteiger partial charge in [-0.3, -0.25) is 19.7 Å². The van der Waals surface area contributed by atoms with Crippen molar-refractivity contribution in [2.45, 2.75) is 6.54 Å². The molecule has 1 aliphatic rings. The van der Waals surface area contributed by atoms with E-state index in [-0.39, 0.29) is 5.91 Å². The summed E-state index contributed by atoms with van der Waals surface area (Å²) in [6.45, 7) is 4.15. The number of aromatic nitrogens is 2. The summed E-state index contributed by atoms with van der Waals surface area (Å²) in [7, 11) is 0. The van der Waals surface area contributed by atoms with Gasteiger partial charge in [0.1, 0.15) is 0 Å². The Morgan fingerprint density at radius 1 is 0.920 bits per heavy atom. The van der Waals surface area contributed by atoms with Crippen LogP contribution in [0.3, 0.4) is 0 Å². The number of hydrogen-bond donors (Lipinski definition) is 0. The van der Waals surface area contributed by atoms with Gasteiger partial charge in [0.2, 0.25) is 0 Å². The van der Waals surface area contributed by atoms with Crippen molar-refractivity contribution in [3.05, 3.63) is 72.2 Å². The van der Waals surface area contributed by atoms with Crippen LogP contribution in [0.4, 0.5) is 0 Å². The van der Waals surface area contributed by atoms with Crippen LogP contribution in [0.25, 0.3) is 10.9 Å². The van der Waals surface area contributed by atoms with Crippen LogP contribution in [0.5, 0.6) is 0 Å². The van der Waals surface area contributed by atoms with Gasteiger partial charge in [0.15, 0.2) is 0 Å². The van der Waals surface area contributed by atoms with Crippen LogP contribution in [0.1, 0.15) is 15.9 Å². The SMILES string of the molecule is O=C(c1cccc2cccnc12)N1CCN(Cc2ccncc2)CC1. The number of pyridine rings is 2. The lowest BCUT2D eigenvalue weighted by atomic mass is 10.1. The maximum absolute atomic E-state index is 12.9. The lowest BCUT2D eigenvalue weighted by molar-refractivity contribution is 0.0630. The maximum Gasteiger partial charge on any atom is 0.256 e. The number of para-hydroxylation sites is 1. The molecule has 0 saturated carbocycles. The largest absolute Gasteiger partial charge is 0.336 e. The maximum atomic E-state index is 12.9. The first-order valence-electron chi connectivity index (χ1n) is 8.55. The molecule has 0 spiro atoms. The molecular formula is C20H20N4O. The minimum absolute atomic E-state index is 0.0767. The molecule has 1 aliphatic heterocycles. The van der Waals surface area contributed by atoms with E-state index in [0.29, 0.717) is 5.56 Å². The van der Waals surface area contributed by atoms with Gasteiger partial charge in [-0.25, -0.2) is 0 Å². The Kier molecular flexibility index (Phi) is 4.39. The van der Waals surface area contributed by atoms with Crippen molar-refractivity contribution < 1.29 is 4.79 Å². The van der Waals surface area contributed by atoms with Gasteiger partial charge < -0.3 is 4.90 Å². The Balaban J connectivity index is 1.44. The van der Waals surface area contributed by atoms with Gasteiger partial charge in [-0.2, -0.15) is 0 Å². The number of nitrogens with zero attached hydrogens (tertiary/aromatic N) is 4. The summed E-state index contributed by atoms with van der Waals surface area (Å²) in [4.78, 5) is 25.7. The van der Waals surface area contributed by atoms with Gasteiger partial charge in [-0.1, -0.05) is 18.2 Å². The Morgan fingerprint density at radius 2 is 1.68 bits per heavy atom. The molecule has 2 aromatic heterocycles.